The molecule has 0 radical (unpaired) electrons. The number of Topliss-reactive ketones (excluding diaryl/α,β-unsaturated/α-hetero) is 1. The first-order chi connectivity index (χ1) is 15.0. The molecule has 0 unspecified atom stereocenters. The summed E-state index contributed by atoms with van der Waals surface area (Å²) in [6.45, 7) is 4.47. The SMILES string of the molecule is COc1cccc(OC)c1C(=O)OCC(=O)c1cc(C)n(CCC2=CCCCC2)c1C. The number of aromatic nitrogens is 1. The van der Waals surface area contributed by atoms with Gasteiger partial charge in [0.05, 0.1) is 14.2 Å². The summed E-state index contributed by atoms with van der Waals surface area (Å²) in [5.74, 6) is -0.196. The Labute approximate surface area is 183 Å². The molecule has 0 atom stereocenters. The summed E-state index contributed by atoms with van der Waals surface area (Å²) in [4.78, 5) is 25.4. The number of nitrogens with zero attached hydrogens (tertiary/aromatic N) is 1. The van der Waals surface area contributed by atoms with Crippen LogP contribution < -0.4 is 9.47 Å². The Morgan fingerprint density at radius 1 is 1.06 bits per heavy atom. The Bertz CT molecular complexity index is 964. The first-order valence-electron chi connectivity index (χ1n) is 10.7. The van der Waals surface area contributed by atoms with Crippen molar-refractivity contribution in [2.24, 2.45) is 0 Å². The maximum Gasteiger partial charge on any atom is 0.346 e. The quantitative estimate of drug-likeness (QED) is 0.319. The van der Waals surface area contributed by atoms with E-state index in [9.17, 15) is 9.59 Å². The van der Waals surface area contributed by atoms with Crippen LogP contribution in [0.1, 0.15) is 64.2 Å². The molecule has 1 heterocycles. The number of carbonyl (C=O) groups is 2. The van der Waals surface area contributed by atoms with Gasteiger partial charge in [0.1, 0.15) is 17.1 Å². The van der Waals surface area contributed by atoms with Gasteiger partial charge in [-0.2, -0.15) is 0 Å². The number of ketones is 1. The number of ether oxygens (including phenoxy) is 3. The number of hydrogen-bond donors (Lipinski definition) is 0. The predicted molar refractivity (Wildman–Crippen MR) is 119 cm³/mol. The highest BCUT2D eigenvalue weighted by Gasteiger charge is 2.22. The Morgan fingerprint density at radius 2 is 1.77 bits per heavy atom. The molecule has 2 aromatic rings. The van der Waals surface area contributed by atoms with E-state index >= 15 is 0 Å². The third-order valence-corrected chi connectivity index (χ3v) is 5.88. The van der Waals surface area contributed by atoms with Crippen molar-refractivity contribution >= 4 is 11.8 Å². The lowest BCUT2D eigenvalue weighted by molar-refractivity contribution is 0.0468. The van der Waals surface area contributed by atoms with E-state index in [2.05, 4.69) is 10.6 Å². The average molecular weight is 426 g/mol. The lowest BCUT2D eigenvalue weighted by Crippen LogP contribution is -2.16. The van der Waals surface area contributed by atoms with Gasteiger partial charge in [-0.15, -0.1) is 0 Å². The van der Waals surface area contributed by atoms with Crippen molar-refractivity contribution in [3.05, 3.63) is 58.4 Å². The smallest absolute Gasteiger partial charge is 0.346 e. The fourth-order valence-corrected chi connectivity index (χ4v) is 4.15. The summed E-state index contributed by atoms with van der Waals surface area (Å²) >= 11 is 0. The molecular formula is C25H31NO5. The zero-order valence-corrected chi connectivity index (χ0v) is 18.8. The van der Waals surface area contributed by atoms with Crippen LogP contribution in [0.5, 0.6) is 11.5 Å². The first-order valence-corrected chi connectivity index (χ1v) is 10.7. The molecule has 0 aliphatic heterocycles. The topological polar surface area (TPSA) is 66.8 Å². The number of methoxy groups -OCH3 is 2. The lowest BCUT2D eigenvalue weighted by atomic mass is 9.97. The van der Waals surface area contributed by atoms with E-state index in [-0.39, 0.29) is 18.0 Å². The Balaban J connectivity index is 1.67. The minimum Gasteiger partial charge on any atom is -0.496 e. The largest absolute Gasteiger partial charge is 0.496 e. The minimum atomic E-state index is -0.652. The van der Waals surface area contributed by atoms with Crippen LogP contribution in [-0.2, 0) is 11.3 Å². The maximum absolute atomic E-state index is 12.8. The number of rotatable bonds is 9. The second-order valence-corrected chi connectivity index (χ2v) is 7.83. The molecule has 3 rings (SSSR count). The van der Waals surface area contributed by atoms with Crippen LogP contribution >= 0.6 is 0 Å². The van der Waals surface area contributed by atoms with Crippen molar-refractivity contribution in [2.75, 3.05) is 20.8 Å². The predicted octanol–water partition coefficient (Wildman–Crippen LogP) is 5.05. The fourth-order valence-electron chi connectivity index (χ4n) is 4.15. The molecule has 0 bridgehead atoms. The van der Waals surface area contributed by atoms with E-state index in [1.165, 1.54) is 45.5 Å². The van der Waals surface area contributed by atoms with Crippen LogP contribution in [0, 0.1) is 13.8 Å². The van der Waals surface area contributed by atoms with E-state index in [1.54, 1.807) is 18.2 Å². The second kappa shape index (κ2) is 10.3. The molecule has 0 saturated carbocycles. The van der Waals surface area contributed by atoms with E-state index in [0.29, 0.717) is 17.1 Å². The van der Waals surface area contributed by atoms with Crippen LogP contribution in [0.2, 0.25) is 0 Å². The molecule has 1 aliphatic rings. The summed E-state index contributed by atoms with van der Waals surface area (Å²) in [7, 11) is 2.93. The van der Waals surface area contributed by atoms with Gasteiger partial charge in [-0.3, -0.25) is 4.79 Å². The van der Waals surface area contributed by atoms with Crippen LogP contribution in [0.3, 0.4) is 0 Å². The Morgan fingerprint density at radius 3 is 2.39 bits per heavy atom. The Hall–Kier alpha value is -3.02. The first kappa shape index (κ1) is 22.7. The van der Waals surface area contributed by atoms with Crippen LogP contribution in [0.4, 0.5) is 0 Å². The summed E-state index contributed by atoms with van der Waals surface area (Å²) in [5.41, 5.74) is 4.22. The standard InChI is InChI=1S/C25H31NO5/c1-17-15-20(18(2)26(17)14-13-19-9-6-5-7-10-19)21(27)16-31-25(28)24-22(29-3)11-8-12-23(24)30-4/h8-9,11-12,15H,5-7,10,13-14,16H2,1-4H3. The molecule has 0 fully saturated rings. The highest BCUT2D eigenvalue weighted by atomic mass is 16.5. The van der Waals surface area contributed by atoms with Crippen LogP contribution in [0.25, 0.3) is 0 Å². The van der Waals surface area contributed by atoms with Gasteiger partial charge >= 0.3 is 5.97 Å². The summed E-state index contributed by atoms with van der Waals surface area (Å²) < 4.78 is 18.0. The zero-order chi connectivity index (χ0) is 22.4. The van der Waals surface area contributed by atoms with Crippen molar-refractivity contribution in [3.8, 4) is 11.5 Å². The van der Waals surface area contributed by atoms with Crippen molar-refractivity contribution in [1.82, 2.24) is 4.57 Å². The molecule has 1 aromatic heterocycles. The molecule has 0 N–H and O–H groups in total. The average Bonchev–Trinajstić information content (AvgIpc) is 3.09. The highest BCUT2D eigenvalue weighted by molar-refractivity contribution is 6.01. The molecule has 0 amide bonds. The fraction of sp³-hybridized carbons (Fsp3) is 0.440. The molecule has 166 valence electrons. The van der Waals surface area contributed by atoms with Gasteiger partial charge in [0.15, 0.2) is 6.61 Å². The number of carbonyl (C=O) groups excluding carboxylic acids is 2. The zero-order valence-electron chi connectivity index (χ0n) is 18.8. The molecule has 1 aliphatic carbocycles. The normalized spacial score (nSPS) is 13.5. The number of allylic oxidation sites excluding steroid dienone is 2. The second-order valence-electron chi connectivity index (χ2n) is 7.83. The molecular weight excluding hydrogens is 394 g/mol. The van der Waals surface area contributed by atoms with Gasteiger partial charge in [0.25, 0.3) is 0 Å². The van der Waals surface area contributed by atoms with E-state index in [0.717, 1.165) is 24.4 Å². The van der Waals surface area contributed by atoms with Crippen molar-refractivity contribution in [1.29, 1.82) is 0 Å². The maximum atomic E-state index is 12.8. The number of esters is 1. The minimum absolute atomic E-state index is 0.173. The molecule has 6 heteroatoms. The molecule has 31 heavy (non-hydrogen) atoms. The van der Waals surface area contributed by atoms with Crippen molar-refractivity contribution < 1.29 is 23.8 Å². The van der Waals surface area contributed by atoms with Gasteiger partial charge < -0.3 is 18.8 Å². The van der Waals surface area contributed by atoms with Crippen LogP contribution in [0.15, 0.2) is 35.9 Å². The molecule has 0 saturated heterocycles. The van der Waals surface area contributed by atoms with E-state index in [4.69, 9.17) is 14.2 Å². The third kappa shape index (κ3) is 5.19. The lowest BCUT2D eigenvalue weighted by Gasteiger charge is -2.15. The monoisotopic (exact) mass is 425 g/mol. The van der Waals surface area contributed by atoms with Crippen LogP contribution in [-0.4, -0.2) is 37.1 Å². The third-order valence-electron chi connectivity index (χ3n) is 5.88. The number of aryl methyl sites for hydroxylation is 1. The summed E-state index contributed by atoms with van der Waals surface area (Å²) in [5, 5.41) is 0. The number of benzene rings is 1. The summed E-state index contributed by atoms with van der Waals surface area (Å²) in [6, 6.07) is 6.90. The molecule has 0 spiro atoms. The van der Waals surface area contributed by atoms with Gasteiger partial charge in [-0.25, -0.2) is 4.79 Å². The highest BCUT2D eigenvalue weighted by Crippen LogP contribution is 2.29. The van der Waals surface area contributed by atoms with E-state index < -0.39 is 5.97 Å². The van der Waals surface area contributed by atoms with Gasteiger partial charge in [0, 0.05) is 23.5 Å². The summed E-state index contributed by atoms with van der Waals surface area (Å²) in [6.07, 6.45) is 8.26. The molecule has 1 aromatic carbocycles. The molecule has 6 nitrogen and oxygen atoms in total. The Kier molecular flexibility index (Phi) is 7.55. The van der Waals surface area contributed by atoms with Gasteiger partial charge in [-0.1, -0.05) is 17.7 Å². The van der Waals surface area contributed by atoms with Gasteiger partial charge in [0.2, 0.25) is 5.78 Å². The number of hydrogen-bond acceptors (Lipinski definition) is 5. The van der Waals surface area contributed by atoms with Gasteiger partial charge in [-0.05, 0) is 64.2 Å². The van der Waals surface area contributed by atoms with Crippen molar-refractivity contribution in [3.63, 3.8) is 0 Å². The van der Waals surface area contributed by atoms with Crippen molar-refractivity contribution in [2.45, 2.75) is 52.5 Å². The van der Waals surface area contributed by atoms with E-state index in [1.807, 2.05) is 19.9 Å².